The van der Waals surface area contributed by atoms with E-state index in [9.17, 15) is 4.79 Å². The maximum absolute atomic E-state index is 12.2. The first-order valence-corrected chi connectivity index (χ1v) is 7.42. The van der Waals surface area contributed by atoms with E-state index in [0.717, 1.165) is 15.4 Å². The highest BCUT2D eigenvalue weighted by Gasteiger charge is 2.09. The van der Waals surface area contributed by atoms with E-state index in [1.165, 1.54) is 0 Å². The fraction of sp³-hybridized carbons (Fsp3) is 0. The zero-order valence-corrected chi connectivity index (χ0v) is 13.1. The smallest absolute Gasteiger partial charge is 0.255 e. The highest BCUT2D eigenvalue weighted by Crippen LogP contribution is 2.24. The van der Waals surface area contributed by atoms with Crippen LogP contribution in [0.15, 0.2) is 59.2 Å². The van der Waals surface area contributed by atoms with Crippen LogP contribution in [0.5, 0.6) is 0 Å². The minimum atomic E-state index is -0.191. The molecule has 3 nitrogen and oxygen atoms in total. The number of nitrogens with one attached hydrogen (secondary N) is 1. The van der Waals surface area contributed by atoms with Gasteiger partial charge in [-0.15, -0.1) is 0 Å². The average molecular weight is 362 g/mol. The van der Waals surface area contributed by atoms with Gasteiger partial charge in [0.05, 0.1) is 11.2 Å². The molecule has 1 N–H and O–H groups in total. The van der Waals surface area contributed by atoms with Gasteiger partial charge in [0, 0.05) is 26.6 Å². The summed E-state index contributed by atoms with van der Waals surface area (Å²) in [5.74, 6) is -0.191. The van der Waals surface area contributed by atoms with Crippen LogP contribution in [0.3, 0.4) is 0 Å². The van der Waals surface area contributed by atoms with E-state index in [0.29, 0.717) is 16.3 Å². The zero-order valence-electron chi connectivity index (χ0n) is 10.8. The summed E-state index contributed by atoms with van der Waals surface area (Å²) in [5.41, 5.74) is 1.98. The lowest BCUT2D eigenvalue weighted by atomic mass is 10.1. The average Bonchev–Trinajstić information content (AvgIpc) is 2.47. The second kappa shape index (κ2) is 5.84. The molecule has 0 aliphatic carbocycles. The van der Waals surface area contributed by atoms with E-state index in [4.69, 9.17) is 11.6 Å². The molecule has 0 unspecified atom stereocenters. The van der Waals surface area contributed by atoms with E-state index in [1.807, 2.05) is 24.3 Å². The Bertz CT molecular complexity index is 818. The Kier molecular flexibility index (Phi) is 3.90. The highest BCUT2D eigenvalue weighted by atomic mass is 79.9. The van der Waals surface area contributed by atoms with Crippen molar-refractivity contribution >= 4 is 50.0 Å². The number of halogens is 2. The number of pyridine rings is 1. The second-order valence-electron chi connectivity index (χ2n) is 4.49. The third-order valence-electron chi connectivity index (χ3n) is 3.03. The summed E-state index contributed by atoms with van der Waals surface area (Å²) in [7, 11) is 0. The molecule has 0 bridgehead atoms. The van der Waals surface area contributed by atoms with E-state index < -0.39 is 0 Å². The number of hydrogen-bond acceptors (Lipinski definition) is 2. The van der Waals surface area contributed by atoms with Gasteiger partial charge in [-0.25, -0.2) is 0 Å². The Morgan fingerprint density at radius 2 is 1.90 bits per heavy atom. The molecule has 1 amide bonds. The summed E-state index contributed by atoms with van der Waals surface area (Å²) in [5, 5.41) is 4.44. The Morgan fingerprint density at radius 3 is 2.67 bits per heavy atom. The molecular formula is C16H10BrClN2O. The minimum absolute atomic E-state index is 0.191. The molecule has 21 heavy (non-hydrogen) atoms. The molecule has 0 aliphatic heterocycles. The number of anilines is 1. The number of hydrogen-bond donors (Lipinski definition) is 1. The van der Waals surface area contributed by atoms with Crippen molar-refractivity contribution in [1.82, 2.24) is 4.98 Å². The van der Waals surface area contributed by atoms with Crippen molar-refractivity contribution < 1.29 is 4.79 Å². The summed E-state index contributed by atoms with van der Waals surface area (Å²) in [6.45, 7) is 0. The van der Waals surface area contributed by atoms with Gasteiger partial charge in [-0.2, -0.15) is 0 Å². The Morgan fingerprint density at radius 1 is 1.14 bits per heavy atom. The van der Waals surface area contributed by atoms with Gasteiger partial charge in [-0.05, 0) is 52.3 Å². The van der Waals surface area contributed by atoms with Gasteiger partial charge >= 0.3 is 0 Å². The quantitative estimate of drug-likeness (QED) is 0.705. The third-order valence-corrected chi connectivity index (χ3v) is 3.72. The standard InChI is InChI=1S/C16H10BrClN2O/c17-12-8-11-2-1-3-14(15(11)19-9-12)20-16(21)10-4-6-13(18)7-5-10/h1-9H,(H,20,21). The summed E-state index contributed by atoms with van der Waals surface area (Å²) < 4.78 is 0.899. The number of rotatable bonds is 2. The van der Waals surface area contributed by atoms with Gasteiger partial charge in [-0.1, -0.05) is 23.7 Å². The number of para-hydroxylation sites is 1. The molecule has 3 rings (SSSR count). The van der Waals surface area contributed by atoms with Crippen molar-refractivity contribution in [3.63, 3.8) is 0 Å². The molecule has 2 aromatic carbocycles. The third kappa shape index (κ3) is 3.06. The van der Waals surface area contributed by atoms with Crippen LogP contribution in [0, 0.1) is 0 Å². The molecule has 5 heteroatoms. The van der Waals surface area contributed by atoms with Gasteiger partial charge in [0.2, 0.25) is 0 Å². The lowest BCUT2D eigenvalue weighted by molar-refractivity contribution is 0.102. The molecule has 0 radical (unpaired) electrons. The monoisotopic (exact) mass is 360 g/mol. The molecule has 0 saturated carbocycles. The van der Waals surface area contributed by atoms with E-state index in [2.05, 4.69) is 26.2 Å². The lowest BCUT2D eigenvalue weighted by Gasteiger charge is -2.08. The van der Waals surface area contributed by atoms with Crippen LogP contribution in [0.4, 0.5) is 5.69 Å². The van der Waals surface area contributed by atoms with Gasteiger partial charge < -0.3 is 5.32 Å². The van der Waals surface area contributed by atoms with E-state index >= 15 is 0 Å². The normalized spacial score (nSPS) is 10.6. The van der Waals surface area contributed by atoms with Crippen molar-refractivity contribution in [3.8, 4) is 0 Å². The molecule has 0 spiro atoms. The van der Waals surface area contributed by atoms with Crippen LogP contribution in [-0.2, 0) is 0 Å². The molecule has 0 fully saturated rings. The van der Waals surface area contributed by atoms with Crippen LogP contribution in [0.25, 0.3) is 10.9 Å². The minimum Gasteiger partial charge on any atom is -0.320 e. The number of nitrogens with zero attached hydrogens (tertiary/aromatic N) is 1. The summed E-state index contributed by atoms with van der Waals surface area (Å²) >= 11 is 9.21. The molecule has 3 aromatic rings. The van der Waals surface area contributed by atoms with E-state index in [1.54, 1.807) is 30.5 Å². The van der Waals surface area contributed by atoms with Gasteiger partial charge in [0.25, 0.3) is 5.91 Å². The highest BCUT2D eigenvalue weighted by molar-refractivity contribution is 9.10. The van der Waals surface area contributed by atoms with Crippen LogP contribution < -0.4 is 5.32 Å². The number of benzene rings is 2. The Balaban J connectivity index is 1.94. The molecule has 1 heterocycles. The molecule has 104 valence electrons. The molecule has 0 atom stereocenters. The number of aromatic nitrogens is 1. The maximum atomic E-state index is 12.2. The number of carbonyl (C=O) groups excluding carboxylic acids is 1. The van der Waals surface area contributed by atoms with E-state index in [-0.39, 0.29) is 5.91 Å². The second-order valence-corrected chi connectivity index (χ2v) is 5.84. The van der Waals surface area contributed by atoms with Gasteiger partial charge in [0.15, 0.2) is 0 Å². The van der Waals surface area contributed by atoms with Crippen molar-refractivity contribution in [1.29, 1.82) is 0 Å². The summed E-state index contributed by atoms with van der Waals surface area (Å²) in [4.78, 5) is 16.6. The first-order valence-electron chi connectivity index (χ1n) is 6.25. The lowest BCUT2D eigenvalue weighted by Crippen LogP contribution is -2.12. The van der Waals surface area contributed by atoms with Crippen LogP contribution in [0.2, 0.25) is 5.02 Å². The van der Waals surface area contributed by atoms with Gasteiger partial charge in [0.1, 0.15) is 0 Å². The zero-order chi connectivity index (χ0) is 14.8. The van der Waals surface area contributed by atoms with Crippen molar-refractivity contribution in [3.05, 3.63) is 69.8 Å². The largest absolute Gasteiger partial charge is 0.320 e. The Labute approximate surface area is 135 Å². The number of carbonyl (C=O) groups is 1. The first-order chi connectivity index (χ1) is 10.1. The topological polar surface area (TPSA) is 42.0 Å². The first kappa shape index (κ1) is 14.0. The predicted octanol–water partition coefficient (Wildman–Crippen LogP) is 4.90. The molecule has 0 saturated heterocycles. The fourth-order valence-corrected chi connectivity index (χ4v) is 2.51. The molecule has 0 aliphatic rings. The SMILES string of the molecule is O=C(Nc1cccc2cc(Br)cnc12)c1ccc(Cl)cc1. The number of amides is 1. The summed E-state index contributed by atoms with van der Waals surface area (Å²) in [6, 6.07) is 14.4. The van der Waals surface area contributed by atoms with Crippen molar-refractivity contribution in [2.24, 2.45) is 0 Å². The predicted molar refractivity (Wildman–Crippen MR) is 88.8 cm³/mol. The molecule has 1 aromatic heterocycles. The van der Waals surface area contributed by atoms with Crippen molar-refractivity contribution in [2.45, 2.75) is 0 Å². The Hall–Kier alpha value is -1.91. The van der Waals surface area contributed by atoms with Crippen LogP contribution >= 0.6 is 27.5 Å². The van der Waals surface area contributed by atoms with Crippen molar-refractivity contribution in [2.75, 3.05) is 5.32 Å². The fourth-order valence-electron chi connectivity index (χ4n) is 2.03. The number of fused-ring (bicyclic) bond motifs is 1. The van der Waals surface area contributed by atoms with Crippen LogP contribution in [-0.4, -0.2) is 10.9 Å². The summed E-state index contributed by atoms with van der Waals surface area (Å²) in [6.07, 6.45) is 1.71. The molecular weight excluding hydrogens is 352 g/mol. The van der Waals surface area contributed by atoms with Crippen LogP contribution in [0.1, 0.15) is 10.4 Å². The van der Waals surface area contributed by atoms with Gasteiger partial charge in [-0.3, -0.25) is 9.78 Å². The maximum Gasteiger partial charge on any atom is 0.255 e.